The minimum atomic E-state index is -5.46. The van der Waals surface area contributed by atoms with Crippen molar-refractivity contribution in [3.8, 4) is 0 Å². The van der Waals surface area contributed by atoms with Gasteiger partial charge in [0.2, 0.25) is 0 Å². The van der Waals surface area contributed by atoms with Gasteiger partial charge in [-0.05, 0) is 23.7 Å². The van der Waals surface area contributed by atoms with Crippen molar-refractivity contribution in [3.05, 3.63) is 23.7 Å². The van der Waals surface area contributed by atoms with E-state index in [0.717, 1.165) is 0 Å². The molecule has 0 aromatic rings. The second kappa shape index (κ2) is 11.2. The van der Waals surface area contributed by atoms with Crippen LogP contribution in [0.5, 0.6) is 0 Å². The summed E-state index contributed by atoms with van der Waals surface area (Å²) in [5.74, 6) is -11.3. The molecule has 0 aliphatic rings. The molecule has 28 heavy (non-hydrogen) atoms. The summed E-state index contributed by atoms with van der Waals surface area (Å²) in [5, 5.41) is 19.6. The van der Waals surface area contributed by atoms with Crippen LogP contribution in [0.1, 0.15) is 0 Å². The van der Waals surface area contributed by atoms with Crippen LogP contribution in [0.25, 0.3) is 0 Å². The fraction of sp³-hybridized carbons (Fsp3) is 0.400. The number of carbonyl (C=O) groups is 2. The maximum atomic E-state index is 11.3. The Balaban J connectivity index is -0.000000192. The molecule has 0 aliphatic carbocycles. The molecular weight excluding hydrogens is 492 g/mol. The van der Waals surface area contributed by atoms with Gasteiger partial charge < -0.3 is 15.7 Å². The minimum Gasteiger partial charge on any atom is -0.869 e. The molecule has 0 aliphatic heterocycles. The number of hydrogen-bond acceptors (Lipinski definition) is 4. The zero-order valence-corrected chi connectivity index (χ0v) is 13.1. The van der Waals surface area contributed by atoms with Crippen LogP contribution < -0.4 is 10.2 Å². The molecular formula is C10H4CuF12O5-2. The van der Waals surface area contributed by atoms with E-state index in [1.807, 2.05) is 0 Å². The summed E-state index contributed by atoms with van der Waals surface area (Å²) in [6.45, 7) is 0. The summed E-state index contributed by atoms with van der Waals surface area (Å²) in [7, 11) is 0. The predicted molar refractivity (Wildman–Crippen MR) is 54.0 cm³/mol. The number of allylic oxidation sites excluding steroid dienone is 4. The Hall–Kier alpha value is -1.94. The third-order valence-corrected chi connectivity index (χ3v) is 1.64. The predicted octanol–water partition coefficient (Wildman–Crippen LogP) is 1.02. The number of carbonyl (C=O) groups excluding carboxylic acids is 2. The van der Waals surface area contributed by atoms with Gasteiger partial charge in [0.15, 0.2) is 0 Å². The van der Waals surface area contributed by atoms with Crippen molar-refractivity contribution in [3.63, 3.8) is 0 Å². The van der Waals surface area contributed by atoms with Gasteiger partial charge in [-0.2, -0.15) is 52.7 Å². The van der Waals surface area contributed by atoms with Crippen molar-refractivity contribution in [2.75, 3.05) is 0 Å². The molecule has 1 radical (unpaired) electrons. The molecule has 0 unspecified atom stereocenters. The first kappa shape index (κ1) is 33.6. The van der Waals surface area contributed by atoms with E-state index in [0.29, 0.717) is 0 Å². The fourth-order valence-electron chi connectivity index (χ4n) is 0.565. The molecule has 18 heteroatoms. The average molecular weight is 496 g/mol. The molecule has 0 saturated heterocycles. The Kier molecular flexibility index (Phi) is 13.4. The first-order chi connectivity index (χ1) is 11.1. The molecule has 5 nitrogen and oxygen atoms in total. The van der Waals surface area contributed by atoms with Crippen molar-refractivity contribution >= 4 is 11.6 Å². The SMILES string of the molecule is O.O=C(/C=C(\[O-])C(F)(F)F)C(F)(F)F.O=C(/C=C(\[O-])C(F)(F)F)C(F)(F)F.[Cu]. The number of hydrogen-bond donors (Lipinski definition) is 0. The van der Waals surface area contributed by atoms with E-state index in [4.69, 9.17) is 0 Å². The monoisotopic (exact) mass is 495 g/mol. The van der Waals surface area contributed by atoms with E-state index < -0.39 is 59.9 Å². The molecule has 0 aromatic heterocycles. The van der Waals surface area contributed by atoms with E-state index >= 15 is 0 Å². The van der Waals surface area contributed by atoms with Gasteiger partial charge in [0.05, 0.1) is 0 Å². The first-order valence-corrected chi connectivity index (χ1v) is 5.24. The Labute approximate surface area is 156 Å². The Bertz CT molecular complexity index is 530. The van der Waals surface area contributed by atoms with Gasteiger partial charge in [-0.15, -0.1) is 0 Å². The Morgan fingerprint density at radius 2 is 0.714 bits per heavy atom. The fourth-order valence-corrected chi connectivity index (χ4v) is 0.565. The van der Waals surface area contributed by atoms with E-state index in [2.05, 4.69) is 0 Å². The third-order valence-electron chi connectivity index (χ3n) is 1.64. The molecule has 0 saturated carbocycles. The van der Waals surface area contributed by atoms with Crippen molar-refractivity contribution < 1.29 is 95.0 Å². The molecule has 0 fully saturated rings. The molecule has 2 N–H and O–H groups in total. The number of halogens is 12. The van der Waals surface area contributed by atoms with Crippen molar-refractivity contribution in [1.82, 2.24) is 0 Å². The van der Waals surface area contributed by atoms with Crippen molar-refractivity contribution in [1.29, 1.82) is 0 Å². The minimum absolute atomic E-state index is 0. The van der Waals surface area contributed by atoms with Crippen molar-refractivity contribution in [2.24, 2.45) is 0 Å². The van der Waals surface area contributed by atoms with Crippen LogP contribution >= 0.6 is 0 Å². The molecule has 171 valence electrons. The van der Waals surface area contributed by atoms with Gasteiger partial charge in [0, 0.05) is 17.1 Å². The standard InChI is InChI=1S/2C5H2F6O2.Cu.H2O/c2*6-4(7,8)2(12)1-3(13)5(9,10)11;;/h2*1,12H;;1H2/p-2/b2*2-1-;;. The van der Waals surface area contributed by atoms with Gasteiger partial charge >= 0.3 is 24.7 Å². The van der Waals surface area contributed by atoms with Crippen LogP contribution in [-0.2, 0) is 26.7 Å². The van der Waals surface area contributed by atoms with Crippen LogP contribution in [0.4, 0.5) is 52.7 Å². The van der Waals surface area contributed by atoms with E-state index in [1.165, 1.54) is 0 Å². The normalized spacial score (nSPS) is 13.4. The number of ketones is 2. The molecule has 0 bridgehead atoms. The van der Waals surface area contributed by atoms with Crippen molar-refractivity contribution in [2.45, 2.75) is 24.7 Å². The molecule has 0 aromatic carbocycles. The van der Waals surface area contributed by atoms with Gasteiger partial charge in [0.25, 0.3) is 11.6 Å². The van der Waals surface area contributed by atoms with E-state index in [1.54, 1.807) is 0 Å². The van der Waals surface area contributed by atoms with E-state index in [-0.39, 0.29) is 22.5 Å². The van der Waals surface area contributed by atoms with Gasteiger partial charge in [-0.25, -0.2) is 0 Å². The second-order valence-electron chi connectivity index (χ2n) is 3.74. The quantitative estimate of drug-likeness (QED) is 0.246. The van der Waals surface area contributed by atoms with Crippen LogP contribution in [0.15, 0.2) is 23.7 Å². The summed E-state index contributed by atoms with van der Waals surface area (Å²) in [4.78, 5) is 19.6. The van der Waals surface area contributed by atoms with Crippen LogP contribution in [0.2, 0.25) is 0 Å². The summed E-state index contributed by atoms with van der Waals surface area (Å²) in [5.41, 5.74) is 0. The molecule has 0 amide bonds. The maximum absolute atomic E-state index is 11.3. The molecule has 0 atom stereocenters. The van der Waals surface area contributed by atoms with Crippen LogP contribution in [0.3, 0.4) is 0 Å². The van der Waals surface area contributed by atoms with Crippen LogP contribution in [-0.4, -0.2) is 41.7 Å². The number of alkyl halides is 12. The Morgan fingerprint density at radius 1 is 0.536 bits per heavy atom. The summed E-state index contributed by atoms with van der Waals surface area (Å²) < 4.78 is 136. The van der Waals surface area contributed by atoms with Gasteiger partial charge in [-0.3, -0.25) is 9.59 Å². The molecule has 0 heterocycles. The third kappa shape index (κ3) is 14.2. The smallest absolute Gasteiger partial charge is 0.454 e. The maximum Gasteiger partial charge on any atom is 0.454 e. The first-order valence-electron chi connectivity index (χ1n) is 5.24. The summed E-state index contributed by atoms with van der Waals surface area (Å²) >= 11 is 0. The summed E-state index contributed by atoms with van der Waals surface area (Å²) in [6.07, 6.45) is -23.9. The topological polar surface area (TPSA) is 112 Å². The Morgan fingerprint density at radius 3 is 0.821 bits per heavy atom. The van der Waals surface area contributed by atoms with Gasteiger partial charge in [0.1, 0.15) is 0 Å². The molecule has 0 rings (SSSR count). The van der Waals surface area contributed by atoms with E-state index in [9.17, 15) is 72.5 Å². The molecule has 0 spiro atoms. The zero-order chi connectivity index (χ0) is 21.7. The largest absolute Gasteiger partial charge is 0.869 e. The van der Waals surface area contributed by atoms with Gasteiger partial charge in [-0.1, -0.05) is 0 Å². The summed E-state index contributed by atoms with van der Waals surface area (Å²) in [6, 6.07) is 0. The van der Waals surface area contributed by atoms with Crippen LogP contribution in [0, 0.1) is 0 Å². The second-order valence-corrected chi connectivity index (χ2v) is 3.74. The average Bonchev–Trinajstić information content (AvgIpc) is 2.34. The zero-order valence-electron chi connectivity index (χ0n) is 12.1. The number of rotatable bonds is 2.